The molecule has 0 aromatic carbocycles. The van der Waals surface area contributed by atoms with E-state index in [4.69, 9.17) is 58.3 Å². The lowest BCUT2D eigenvalue weighted by molar-refractivity contribution is -0.130. The van der Waals surface area contributed by atoms with E-state index in [-0.39, 0.29) is 85.9 Å². The van der Waals surface area contributed by atoms with E-state index in [1.807, 2.05) is 6.92 Å². The molecule has 0 aliphatic rings. The van der Waals surface area contributed by atoms with Crippen molar-refractivity contribution in [1.82, 2.24) is 0 Å². The molecule has 19 heteroatoms. The van der Waals surface area contributed by atoms with Crippen LogP contribution in [0.4, 0.5) is 0 Å². The van der Waals surface area contributed by atoms with Gasteiger partial charge in [0.1, 0.15) is 48.8 Å². The monoisotopic (exact) mass is 726 g/mol. The smallest absolute Gasteiger partial charge is 0.104 e. The fourth-order valence-corrected chi connectivity index (χ4v) is 3.78. The maximum Gasteiger partial charge on any atom is 0.104 e. The topological polar surface area (TPSA) is 296 Å². The van der Waals surface area contributed by atoms with E-state index in [0.29, 0.717) is 6.42 Å². The SMILES string of the molecule is CCC(COCC(O)COCC(COCC(O)CO)OCC(O)CO)(COCC(CO)OCC(O)CO)COCC(CO)OCC(O)CO. The molecule has 0 saturated carbocycles. The largest absolute Gasteiger partial charge is 0.394 e. The summed E-state index contributed by atoms with van der Waals surface area (Å²) in [4.78, 5) is 0. The lowest BCUT2D eigenvalue weighted by atomic mass is 9.88. The average Bonchev–Trinajstić information content (AvgIpc) is 3.11. The number of ether oxygens (including phenoxy) is 8. The summed E-state index contributed by atoms with van der Waals surface area (Å²) < 4.78 is 44.5. The summed E-state index contributed by atoms with van der Waals surface area (Å²) in [6.45, 7) is -2.19. The third kappa shape index (κ3) is 25.0. The van der Waals surface area contributed by atoms with E-state index >= 15 is 0 Å². The van der Waals surface area contributed by atoms with Crippen molar-refractivity contribution in [2.24, 2.45) is 5.41 Å². The molecule has 0 bridgehead atoms. The number of aliphatic hydroxyl groups is 11. The van der Waals surface area contributed by atoms with Gasteiger partial charge in [0.2, 0.25) is 0 Å². The van der Waals surface area contributed by atoms with Crippen molar-refractivity contribution < 1.29 is 94.1 Å². The number of aliphatic hydroxyl groups excluding tert-OH is 11. The van der Waals surface area contributed by atoms with Crippen molar-refractivity contribution in [3.63, 3.8) is 0 Å². The van der Waals surface area contributed by atoms with Gasteiger partial charge in [0, 0.05) is 5.41 Å². The Morgan fingerprint density at radius 2 is 0.673 bits per heavy atom. The van der Waals surface area contributed by atoms with Gasteiger partial charge >= 0.3 is 0 Å². The first-order valence-electron chi connectivity index (χ1n) is 16.3. The van der Waals surface area contributed by atoms with Crippen LogP contribution in [0.1, 0.15) is 13.3 Å². The van der Waals surface area contributed by atoms with Gasteiger partial charge in [0.05, 0.1) is 126 Å². The summed E-state index contributed by atoms with van der Waals surface area (Å²) in [5.41, 5.74) is -0.793. The van der Waals surface area contributed by atoms with E-state index in [1.54, 1.807) is 0 Å². The predicted molar refractivity (Wildman–Crippen MR) is 169 cm³/mol. The minimum atomic E-state index is -1.13. The van der Waals surface area contributed by atoms with Gasteiger partial charge in [-0.2, -0.15) is 0 Å². The fraction of sp³-hybridized carbons (Fsp3) is 1.00. The Kier molecular flexibility index (Phi) is 30.3. The average molecular weight is 727 g/mol. The third-order valence-electron chi connectivity index (χ3n) is 6.94. The lowest BCUT2D eigenvalue weighted by Crippen LogP contribution is -2.40. The molecule has 0 aromatic heterocycles. The molecule has 8 atom stereocenters. The molecule has 0 aliphatic heterocycles. The van der Waals surface area contributed by atoms with Crippen LogP contribution in [0.25, 0.3) is 0 Å². The zero-order valence-corrected chi connectivity index (χ0v) is 28.4. The van der Waals surface area contributed by atoms with Gasteiger partial charge in [-0.15, -0.1) is 0 Å². The van der Waals surface area contributed by atoms with E-state index in [2.05, 4.69) is 0 Å². The quantitative estimate of drug-likeness (QED) is 0.0287. The molecule has 0 aromatic rings. The second-order valence-electron chi connectivity index (χ2n) is 11.7. The zero-order chi connectivity index (χ0) is 36.9. The van der Waals surface area contributed by atoms with Crippen LogP contribution in [0.15, 0.2) is 0 Å². The molecular weight excluding hydrogens is 664 g/mol. The molecule has 0 radical (unpaired) electrons. The molecular formula is C30H62O19. The fourth-order valence-electron chi connectivity index (χ4n) is 3.78. The second-order valence-corrected chi connectivity index (χ2v) is 11.7. The van der Waals surface area contributed by atoms with Crippen LogP contribution >= 0.6 is 0 Å². The molecule has 49 heavy (non-hydrogen) atoms. The molecule has 0 spiro atoms. The Morgan fingerprint density at radius 1 is 0.367 bits per heavy atom. The van der Waals surface area contributed by atoms with Crippen molar-refractivity contribution in [3.8, 4) is 0 Å². The summed E-state index contributed by atoms with van der Waals surface area (Å²) in [6.07, 6.45) is -7.34. The highest BCUT2D eigenvalue weighted by Gasteiger charge is 2.31. The molecule has 19 nitrogen and oxygen atoms in total. The summed E-state index contributed by atoms with van der Waals surface area (Å²) in [5, 5.41) is 104. The van der Waals surface area contributed by atoms with Gasteiger partial charge in [-0.05, 0) is 6.42 Å². The highest BCUT2D eigenvalue weighted by atomic mass is 16.6. The summed E-state index contributed by atoms with van der Waals surface area (Å²) in [6, 6.07) is 0. The maximum atomic E-state index is 10.5. The first-order chi connectivity index (χ1) is 23.5. The van der Waals surface area contributed by atoms with Crippen molar-refractivity contribution >= 4 is 0 Å². The Morgan fingerprint density at radius 3 is 1.04 bits per heavy atom. The second kappa shape index (κ2) is 30.8. The first-order valence-corrected chi connectivity index (χ1v) is 16.3. The van der Waals surface area contributed by atoms with Crippen LogP contribution < -0.4 is 0 Å². The zero-order valence-electron chi connectivity index (χ0n) is 28.4. The Balaban J connectivity index is 5.15. The first kappa shape index (κ1) is 48.2. The van der Waals surface area contributed by atoms with Crippen LogP contribution in [0.3, 0.4) is 0 Å². The summed E-state index contributed by atoms with van der Waals surface area (Å²) in [7, 11) is 0. The highest BCUT2D eigenvalue weighted by Crippen LogP contribution is 2.25. The molecule has 296 valence electrons. The predicted octanol–water partition coefficient (Wildman–Crippen LogP) is -5.62. The maximum absolute atomic E-state index is 10.5. The van der Waals surface area contributed by atoms with Crippen LogP contribution in [-0.2, 0) is 37.9 Å². The lowest BCUT2D eigenvalue weighted by Gasteiger charge is -2.33. The standard InChI is InChI=1S/C30H62O19/c1-2-30(20-45-15-27(7-35)47-12-23(38)4-32,21-46-16-28(8-36)48-13-24(39)5-33)19-44-11-26(41)10-43-18-29(49-14-25(40)6-34)17-42-9-22(37)3-31/h22-29,31-41H,2-21H2,1H3. The van der Waals surface area contributed by atoms with Crippen molar-refractivity contribution in [3.05, 3.63) is 0 Å². The van der Waals surface area contributed by atoms with Crippen molar-refractivity contribution in [2.45, 2.75) is 62.2 Å². The molecule has 0 heterocycles. The van der Waals surface area contributed by atoms with Gasteiger partial charge in [-0.1, -0.05) is 6.92 Å². The molecule has 0 aliphatic carbocycles. The van der Waals surface area contributed by atoms with E-state index in [9.17, 15) is 35.7 Å². The van der Waals surface area contributed by atoms with E-state index < -0.39 is 93.9 Å². The Bertz CT molecular complexity index is 697. The van der Waals surface area contributed by atoms with Gasteiger partial charge < -0.3 is 94.1 Å². The third-order valence-corrected chi connectivity index (χ3v) is 6.94. The Hall–Kier alpha value is -0.760. The molecule has 0 amide bonds. The number of hydrogen-bond donors (Lipinski definition) is 11. The van der Waals surface area contributed by atoms with Crippen LogP contribution in [0.5, 0.6) is 0 Å². The number of hydrogen-bond acceptors (Lipinski definition) is 19. The molecule has 11 N–H and O–H groups in total. The normalized spacial score (nSPS) is 18.4. The highest BCUT2D eigenvalue weighted by molar-refractivity contribution is 4.79. The van der Waals surface area contributed by atoms with Gasteiger partial charge in [0.15, 0.2) is 0 Å². The minimum Gasteiger partial charge on any atom is -0.394 e. The molecule has 0 fully saturated rings. The number of rotatable bonds is 36. The van der Waals surface area contributed by atoms with Crippen molar-refractivity contribution in [1.29, 1.82) is 0 Å². The Labute approximate surface area is 287 Å². The molecule has 0 rings (SSSR count). The van der Waals surface area contributed by atoms with Crippen LogP contribution in [-0.4, -0.2) is 231 Å². The molecule has 0 saturated heterocycles. The van der Waals surface area contributed by atoms with Crippen molar-refractivity contribution in [2.75, 3.05) is 126 Å². The minimum absolute atomic E-state index is 0.0358. The van der Waals surface area contributed by atoms with Crippen LogP contribution in [0.2, 0.25) is 0 Å². The van der Waals surface area contributed by atoms with E-state index in [0.717, 1.165) is 0 Å². The van der Waals surface area contributed by atoms with E-state index in [1.165, 1.54) is 0 Å². The van der Waals surface area contributed by atoms with Gasteiger partial charge in [0.25, 0.3) is 0 Å². The van der Waals surface area contributed by atoms with Gasteiger partial charge in [-0.3, -0.25) is 0 Å². The summed E-state index contributed by atoms with van der Waals surface area (Å²) >= 11 is 0. The van der Waals surface area contributed by atoms with Gasteiger partial charge in [-0.25, -0.2) is 0 Å². The van der Waals surface area contributed by atoms with Crippen LogP contribution in [0, 0.1) is 5.41 Å². The molecule has 8 unspecified atom stereocenters. The summed E-state index contributed by atoms with van der Waals surface area (Å²) in [5.74, 6) is 0.